The minimum atomic E-state index is -1.17. The van der Waals surface area contributed by atoms with Crippen LogP contribution in [0.1, 0.15) is 13.8 Å². The first kappa shape index (κ1) is 10.2. The summed E-state index contributed by atoms with van der Waals surface area (Å²) in [6.45, 7) is 4.56. The van der Waals surface area contributed by atoms with E-state index in [1.807, 2.05) is 13.8 Å². The fourth-order valence-corrected chi connectivity index (χ4v) is 1.23. The predicted octanol–water partition coefficient (Wildman–Crippen LogP) is 1.45. The second kappa shape index (κ2) is 4.35. The molecule has 13 heavy (non-hydrogen) atoms. The maximum atomic E-state index is 11.5. The van der Waals surface area contributed by atoms with Gasteiger partial charge in [-0.2, -0.15) is 0 Å². The number of hydrogen-bond acceptors (Lipinski definition) is 3. The summed E-state index contributed by atoms with van der Waals surface area (Å²) >= 11 is 0. The molecule has 0 radical (unpaired) electrons. The van der Waals surface area contributed by atoms with Gasteiger partial charge >= 0.3 is 0 Å². The Hall–Kier alpha value is -0.930. The van der Waals surface area contributed by atoms with Gasteiger partial charge in [-0.25, -0.2) is 0 Å². The van der Waals surface area contributed by atoms with Crippen molar-refractivity contribution < 1.29 is 14.3 Å². The average molecular weight is 182 g/mol. The number of ether oxygens (including phenoxy) is 2. The first-order chi connectivity index (χ1) is 6.25. The van der Waals surface area contributed by atoms with E-state index >= 15 is 0 Å². The molecule has 1 aliphatic carbocycles. The molecule has 0 unspecified atom stereocenters. The SMILES string of the molecule is CCOC1(OCC)C=CC=CC1=O. The third kappa shape index (κ3) is 2.05. The summed E-state index contributed by atoms with van der Waals surface area (Å²) in [6, 6.07) is 0. The first-order valence-corrected chi connectivity index (χ1v) is 4.43. The highest BCUT2D eigenvalue weighted by Gasteiger charge is 2.36. The molecule has 72 valence electrons. The normalized spacial score (nSPS) is 19.4. The van der Waals surface area contributed by atoms with E-state index in [4.69, 9.17) is 9.47 Å². The molecule has 0 aromatic carbocycles. The van der Waals surface area contributed by atoms with Crippen molar-refractivity contribution in [1.82, 2.24) is 0 Å². The number of allylic oxidation sites excluding steroid dienone is 2. The molecule has 3 heteroatoms. The molecule has 0 aromatic heterocycles. The molecular weight excluding hydrogens is 168 g/mol. The van der Waals surface area contributed by atoms with E-state index in [9.17, 15) is 4.79 Å². The molecule has 0 saturated carbocycles. The zero-order chi connectivity index (χ0) is 9.73. The largest absolute Gasteiger partial charge is 0.340 e. The van der Waals surface area contributed by atoms with Crippen LogP contribution in [0.2, 0.25) is 0 Å². The number of rotatable bonds is 4. The number of carbonyl (C=O) groups excluding carboxylic acids is 1. The highest BCUT2D eigenvalue weighted by atomic mass is 16.7. The molecule has 0 aromatic rings. The molecular formula is C10H14O3. The number of ketones is 1. The molecule has 0 saturated heterocycles. The van der Waals surface area contributed by atoms with Gasteiger partial charge in [0.05, 0.1) is 0 Å². The van der Waals surface area contributed by atoms with E-state index in [2.05, 4.69) is 0 Å². The highest BCUT2D eigenvalue weighted by Crippen LogP contribution is 2.20. The molecule has 3 nitrogen and oxygen atoms in total. The van der Waals surface area contributed by atoms with Gasteiger partial charge in [-0.3, -0.25) is 4.79 Å². The maximum Gasteiger partial charge on any atom is 0.253 e. The van der Waals surface area contributed by atoms with Crippen LogP contribution in [-0.4, -0.2) is 24.8 Å². The van der Waals surface area contributed by atoms with Crippen molar-refractivity contribution in [1.29, 1.82) is 0 Å². The fraction of sp³-hybridized carbons (Fsp3) is 0.500. The third-order valence-electron chi connectivity index (χ3n) is 1.74. The first-order valence-electron chi connectivity index (χ1n) is 4.43. The van der Waals surface area contributed by atoms with Crippen molar-refractivity contribution in [2.24, 2.45) is 0 Å². The Kier molecular flexibility index (Phi) is 3.39. The van der Waals surface area contributed by atoms with Gasteiger partial charge in [0.1, 0.15) is 0 Å². The Morgan fingerprint density at radius 1 is 1.23 bits per heavy atom. The minimum absolute atomic E-state index is 0.154. The Labute approximate surface area is 78.0 Å². The van der Waals surface area contributed by atoms with Crippen LogP contribution in [0.15, 0.2) is 24.3 Å². The summed E-state index contributed by atoms with van der Waals surface area (Å²) in [6.07, 6.45) is 6.54. The summed E-state index contributed by atoms with van der Waals surface area (Å²) in [5.74, 6) is -1.32. The van der Waals surface area contributed by atoms with E-state index in [1.165, 1.54) is 6.08 Å². The molecule has 1 aliphatic rings. The van der Waals surface area contributed by atoms with Crippen LogP contribution >= 0.6 is 0 Å². The predicted molar refractivity (Wildman–Crippen MR) is 49.3 cm³/mol. The molecule has 1 rings (SSSR count). The van der Waals surface area contributed by atoms with Crippen molar-refractivity contribution >= 4 is 5.78 Å². The number of hydrogen-bond donors (Lipinski definition) is 0. The monoisotopic (exact) mass is 182 g/mol. The zero-order valence-electron chi connectivity index (χ0n) is 7.95. The lowest BCUT2D eigenvalue weighted by atomic mass is 10.1. The summed E-state index contributed by atoms with van der Waals surface area (Å²) < 4.78 is 10.6. The Bertz CT molecular complexity index is 235. The van der Waals surface area contributed by atoms with Crippen molar-refractivity contribution in [3.05, 3.63) is 24.3 Å². The van der Waals surface area contributed by atoms with Crippen LogP contribution in [0.5, 0.6) is 0 Å². The van der Waals surface area contributed by atoms with Gasteiger partial charge < -0.3 is 9.47 Å². The van der Waals surface area contributed by atoms with Crippen molar-refractivity contribution in [2.75, 3.05) is 13.2 Å². The standard InChI is InChI=1S/C10H14O3/c1-3-12-10(13-4-2)8-6-5-7-9(10)11/h5-8H,3-4H2,1-2H3. The lowest BCUT2D eigenvalue weighted by molar-refractivity contribution is -0.198. The highest BCUT2D eigenvalue weighted by molar-refractivity contribution is 5.98. The smallest absolute Gasteiger partial charge is 0.253 e. The molecule has 0 spiro atoms. The number of carbonyl (C=O) groups is 1. The Balaban J connectivity index is 2.82. The lowest BCUT2D eigenvalue weighted by Crippen LogP contribution is -2.42. The fourth-order valence-electron chi connectivity index (χ4n) is 1.23. The summed E-state index contributed by atoms with van der Waals surface area (Å²) in [7, 11) is 0. The van der Waals surface area contributed by atoms with Crippen molar-refractivity contribution in [2.45, 2.75) is 19.6 Å². The maximum absolute atomic E-state index is 11.5. The van der Waals surface area contributed by atoms with E-state index in [-0.39, 0.29) is 5.78 Å². The minimum Gasteiger partial charge on any atom is -0.340 e. The quantitative estimate of drug-likeness (QED) is 0.617. The Morgan fingerprint density at radius 3 is 2.31 bits per heavy atom. The van der Waals surface area contributed by atoms with E-state index in [1.54, 1.807) is 18.2 Å². The van der Waals surface area contributed by atoms with E-state index in [0.29, 0.717) is 13.2 Å². The molecule has 0 N–H and O–H groups in total. The molecule has 0 aliphatic heterocycles. The summed E-state index contributed by atoms with van der Waals surface area (Å²) in [4.78, 5) is 11.5. The van der Waals surface area contributed by atoms with Crippen LogP contribution < -0.4 is 0 Å². The lowest BCUT2D eigenvalue weighted by Gasteiger charge is -2.28. The van der Waals surface area contributed by atoms with E-state index < -0.39 is 5.79 Å². The van der Waals surface area contributed by atoms with Crippen LogP contribution in [0, 0.1) is 0 Å². The topological polar surface area (TPSA) is 35.5 Å². The van der Waals surface area contributed by atoms with E-state index in [0.717, 1.165) is 0 Å². The summed E-state index contributed by atoms with van der Waals surface area (Å²) in [5.41, 5.74) is 0. The van der Waals surface area contributed by atoms with Crippen molar-refractivity contribution in [3.63, 3.8) is 0 Å². The molecule has 0 fully saturated rings. The second-order valence-electron chi connectivity index (χ2n) is 2.62. The van der Waals surface area contributed by atoms with Crippen molar-refractivity contribution in [3.8, 4) is 0 Å². The average Bonchev–Trinajstić information content (AvgIpc) is 2.11. The van der Waals surface area contributed by atoms with Gasteiger partial charge in [0.15, 0.2) is 0 Å². The van der Waals surface area contributed by atoms with Gasteiger partial charge in [-0.1, -0.05) is 12.2 Å². The molecule has 0 heterocycles. The van der Waals surface area contributed by atoms with Gasteiger partial charge in [-0.15, -0.1) is 0 Å². The van der Waals surface area contributed by atoms with Gasteiger partial charge in [0.25, 0.3) is 5.79 Å². The van der Waals surface area contributed by atoms with Gasteiger partial charge in [0, 0.05) is 13.2 Å². The third-order valence-corrected chi connectivity index (χ3v) is 1.74. The molecule has 0 atom stereocenters. The molecule has 0 amide bonds. The molecule has 0 bridgehead atoms. The van der Waals surface area contributed by atoms with Crippen LogP contribution in [0.4, 0.5) is 0 Å². The van der Waals surface area contributed by atoms with Crippen LogP contribution in [0.3, 0.4) is 0 Å². The van der Waals surface area contributed by atoms with Gasteiger partial charge in [-0.05, 0) is 26.0 Å². The Morgan fingerprint density at radius 2 is 1.85 bits per heavy atom. The second-order valence-corrected chi connectivity index (χ2v) is 2.62. The zero-order valence-corrected chi connectivity index (χ0v) is 7.95. The van der Waals surface area contributed by atoms with Crippen LogP contribution in [-0.2, 0) is 14.3 Å². The van der Waals surface area contributed by atoms with Crippen LogP contribution in [0.25, 0.3) is 0 Å². The van der Waals surface area contributed by atoms with Gasteiger partial charge in [0.2, 0.25) is 5.78 Å². The summed E-state index contributed by atoms with van der Waals surface area (Å²) in [5, 5.41) is 0.